The van der Waals surface area contributed by atoms with E-state index in [4.69, 9.17) is 11.6 Å². The Morgan fingerprint density at radius 2 is 1.95 bits per heavy atom. The van der Waals surface area contributed by atoms with Gasteiger partial charge in [0.25, 0.3) is 5.69 Å². The van der Waals surface area contributed by atoms with Crippen molar-refractivity contribution in [1.29, 1.82) is 0 Å². The van der Waals surface area contributed by atoms with Crippen LogP contribution in [0, 0.1) is 10.1 Å². The van der Waals surface area contributed by atoms with Crippen LogP contribution in [-0.4, -0.2) is 15.9 Å². The fourth-order valence-electron chi connectivity index (χ4n) is 2.43. The van der Waals surface area contributed by atoms with Gasteiger partial charge in [0.2, 0.25) is 5.91 Å². The highest BCUT2D eigenvalue weighted by Crippen LogP contribution is 2.42. The smallest absolute Gasteiger partial charge is 0.269 e. The molecule has 0 aromatic heterocycles. The molecule has 0 spiro atoms. The van der Waals surface area contributed by atoms with Crippen LogP contribution >= 0.6 is 11.6 Å². The molecule has 2 aromatic carbocycles. The largest absolute Gasteiger partial charge is 0.508 e. The summed E-state index contributed by atoms with van der Waals surface area (Å²) in [6.07, 6.45) is 0. The Bertz CT molecular complexity index is 776. The minimum atomic E-state index is -0.821. The summed E-state index contributed by atoms with van der Waals surface area (Å²) >= 11 is 5.90. The normalized spacial score (nSPS) is 16.4. The van der Waals surface area contributed by atoms with Crippen molar-refractivity contribution in [2.75, 3.05) is 5.32 Å². The number of nitrogens with one attached hydrogen (secondary N) is 1. The lowest BCUT2D eigenvalue weighted by Crippen LogP contribution is -2.13. The number of carbonyl (C=O) groups is 1. The first-order chi connectivity index (χ1) is 9.97. The first kappa shape index (κ1) is 13.4. The molecule has 0 fully saturated rings. The standard InChI is InChI=1S/C14H9ClN2O4/c15-7-1-4-12(18)10(5-7)13-9-6-8(17(20)21)2-3-11(9)16-14(13)19/h1-6,13,18H,(H,16,19). The molecular formula is C14H9ClN2O4. The van der Waals surface area contributed by atoms with Gasteiger partial charge in [-0.3, -0.25) is 14.9 Å². The Kier molecular flexibility index (Phi) is 3.03. The molecule has 6 nitrogen and oxygen atoms in total. The van der Waals surface area contributed by atoms with E-state index in [1.165, 1.54) is 36.4 Å². The van der Waals surface area contributed by atoms with Gasteiger partial charge in [-0.05, 0) is 29.8 Å². The van der Waals surface area contributed by atoms with E-state index in [9.17, 15) is 20.0 Å². The van der Waals surface area contributed by atoms with E-state index in [1.807, 2.05) is 0 Å². The van der Waals surface area contributed by atoms with Crippen molar-refractivity contribution in [3.63, 3.8) is 0 Å². The average Bonchev–Trinajstić information content (AvgIpc) is 2.76. The predicted molar refractivity (Wildman–Crippen MR) is 76.7 cm³/mol. The van der Waals surface area contributed by atoms with Crippen molar-refractivity contribution in [2.24, 2.45) is 0 Å². The topological polar surface area (TPSA) is 92.5 Å². The second-order valence-electron chi connectivity index (χ2n) is 4.65. The third kappa shape index (κ3) is 2.19. The molecule has 106 valence electrons. The van der Waals surface area contributed by atoms with Gasteiger partial charge in [0.05, 0.1) is 10.8 Å². The van der Waals surface area contributed by atoms with Crippen LogP contribution in [0.1, 0.15) is 17.0 Å². The van der Waals surface area contributed by atoms with Crippen molar-refractivity contribution < 1.29 is 14.8 Å². The van der Waals surface area contributed by atoms with Crippen LogP contribution in [0.2, 0.25) is 5.02 Å². The van der Waals surface area contributed by atoms with Gasteiger partial charge in [-0.2, -0.15) is 0 Å². The Labute approximate surface area is 124 Å². The van der Waals surface area contributed by atoms with Gasteiger partial charge in [-0.15, -0.1) is 0 Å². The number of rotatable bonds is 2. The number of aromatic hydroxyl groups is 1. The number of hydrogen-bond donors (Lipinski definition) is 2. The Balaban J connectivity index is 2.17. The summed E-state index contributed by atoms with van der Waals surface area (Å²) in [5.41, 5.74) is 1.15. The van der Waals surface area contributed by atoms with E-state index in [-0.39, 0.29) is 17.3 Å². The van der Waals surface area contributed by atoms with E-state index in [2.05, 4.69) is 5.32 Å². The highest BCUT2D eigenvalue weighted by molar-refractivity contribution is 6.30. The molecule has 3 rings (SSSR count). The number of fused-ring (bicyclic) bond motifs is 1. The predicted octanol–water partition coefficient (Wildman–Crippen LogP) is 3.04. The highest BCUT2D eigenvalue weighted by Gasteiger charge is 2.35. The third-order valence-electron chi connectivity index (χ3n) is 3.38. The molecule has 1 heterocycles. The van der Waals surface area contributed by atoms with E-state index >= 15 is 0 Å². The molecule has 2 aromatic rings. The fourth-order valence-corrected chi connectivity index (χ4v) is 2.61. The fraction of sp³-hybridized carbons (Fsp3) is 0.0714. The SMILES string of the molecule is O=C1Nc2ccc([N+](=O)[O-])cc2C1c1cc(Cl)ccc1O. The molecule has 0 saturated carbocycles. The molecule has 1 unspecified atom stereocenters. The van der Waals surface area contributed by atoms with Crippen molar-refractivity contribution in [2.45, 2.75) is 5.92 Å². The molecule has 1 aliphatic rings. The molecule has 0 saturated heterocycles. The number of phenols is 1. The zero-order valence-corrected chi connectivity index (χ0v) is 11.3. The lowest BCUT2D eigenvalue weighted by molar-refractivity contribution is -0.384. The molecule has 21 heavy (non-hydrogen) atoms. The molecular weight excluding hydrogens is 296 g/mol. The van der Waals surface area contributed by atoms with Gasteiger partial charge in [0.1, 0.15) is 5.75 Å². The number of hydrogen-bond acceptors (Lipinski definition) is 4. The van der Waals surface area contributed by atoms with E-state index in [1.54, 1.807) is 0 Å². The van der Waals surface area contributed by atoms with Crippen molar-refractivity contribution in [3.05, 3.63) is 62.7 Å². The number of anilines is 1. The quantitative estimate of drug-likeness (QED) is 0.659. The number of nitro groups is 1. The van der Waals surface area contributed by atoms with E-state index in [0.717, 1.165) is 0 Å². The number of amides is 1. The van der Waals surface area contributed by atoms with Crippen molar-refractivity contribution in [3.8, 4) is 5.75 Å². The van der Waals surface area contributed by atoms with Gasteiger partial charge in [0, 0.05) is 28.4 Å². The zero-order chi connectivity index (χ0) is 15.1. The molecule has 1 atom stereocenters. The zero-order valence-electron chi connectivity index (χ0n) is 10.5. The number of halogens is 1. The van der Waals surface area contributed by atoms with E-state index in [0.29, 0.717) is 21.8 Å². The maximum absolute atomic E-state index is 12.1. The van der Waals surface area contributed by atoms with Crippen LogP contribution < -0.4 is 5.32 Å². The number of non-ortho nitro benzene ring substituents is 1. The van der Waals surface area contributed by atoms with Gasteiger partial charge < -0.3 is 10.4 Å². The van der Waals surface area contributed by atoms with Gasteiger partial charge in [-0.25, -0.2) is 0 Å². The highest BCUT2D eigenvalue weighted by atomic mass is 35.5. The Morgan fingerprint density at radius 3 is 2.67 bits per heavy atom. The number of carbonyl (C=O) groups excluding carboxylic acids is 1. The second kappa shape index (κ2) is 4.75. The second-order valence-corrected chi connectivity index (χ2v) is 5.09. The van der Waals surface area contributed by atoms with Gasteiger partial charge >= 0.3 is 0 Å². The molecule has 0 aliphatic carbocycles. The van der Waals surface area contributed by atoms with Gasteiger partial charge in [-0.1, -0.05) is 11.6 Å². The summed E-state index contributed by atoms with van der Waals surface area (Å²) in [5, 5.41) is 23.8. The number of phenolic OH excluding ortho intramolecular Hbond substituents is 1. The number of benzene rings is 2. The first-order valence-corrected chi connectivity index (χ1v) is 6.43. The van der Waals surface area contributed by atoms with Crippen LogP contribution in [0.3, 0.4) is 0 Å². The van der Waals surface area contributed by atoms with Gasteiger partial charge in [0.15, 0.2) is 0 Å². The van der Waals surface area contributed by atoms with Crippen LogP contribution in [0.25, 0.3) is 0 Å². The molecule has 1 aliphatic heterocycles. The van der Waals surface area contributed by atoms with Crippen molar-refractivity contribution >= 4 is 28.9 Å². The van der Waals surface area contributed by atoms with Crippen LogP contribution in [-0.2, 0) is 4.79 Å². The lowest BCUT2D eigenvalue weighted by atomic mass is 9.91. The number of nitrogens with zero attached hydrogens (tertiary/aromatic N) is 1. The van der Waals surface area contributed by atoms with Crippen LogP contribution in [0.4, 0.5) is 11.4 Å². The average molecular weight is 305 g/mol. The molecule has 1 amide bonds. The summed E-state index contributed by atoms with van der Waals surface area (Å²) in [4.78, 5) is 22.5. The Hall–Kier alpha value is -2.60. The third-order valence-corrected chi connectivity index (χ3v) is 3.61. The monoisotopic (exact) mass is 304 g/mol. The summed E-state index contributed by atoms with van der Waals surface area (Å²) in [7, 11) is 0. The molecule has 0 bridgehead atoms. The van der Waals surface area contributed by atoms with Crippen LogP contribution in [0.5, 0.6) is 5.75 Å². The maximum atomic E-state index is 12.1. The summed E-state index contributed by atoms with van der Waals surface area (Å²) in [5.74, 6) is -1.26. The molecule has 2 N–H and O–H groups in total. The minimum absolute atomic E-state index is 0.0843. The lowest BCUT2D eigenvalue weighted by Gasteiger charge is -2.11. The van der Waals surface area contributed by atoms with Crippen LogP contribution in [0.15, 0.2) is 36.4 Å². The molecule has 7 heteroatoms. The first-order valence-electron chi connectivity index (χ1n) is 6.05. The molecule has 0 radical (unpaired) electrons. The summed E-state index contributed by atoms with van der Waals surface area (Å²) < 4.78 is 0. The maximum Gasteiger partial charge on any atom is 0.269 e. The van der Waals surface area contributed by atoms with E-state index < -0.39 is 10.8 Å². The Morgan fingerprint density at radius 1 is 1.19 bits per heavy atom. The minimum Gasteiger partial charge on any atom is -0.508 e. The summed E-state index contributed by atoms with van der Waals surface area (Å²) in [6.45, 7) is 0. The van der Waals surface area contributed by atoms with Crippen molar-refractivity contribution in [1.82, 2.24) is 0 Å². The summed E-state index contributed by atoms with van der Waals surface area (Å²) in [6, 6.07) is 8.50. The number of nitro benzene ring substituents is 1.